The van der Waals surface area contributed by atoms with E-state index >= 15 is 0 Å². The minimum absolute atomic E-state index is 0.0218. The van der Waals surface area contributed by atoms with Crippen molar-refractivity contribution in [3.63, 3.8) is 0 Å². The molecule has 1 spiro atoms. The Morgan fingerprint density at radius 3 is 3.00 bits per heavy atom. The molecule has 2 aliphatic rings. The van der Waals surface area contributed by atoms with Crippen LogP contribution in [-0.4, -0.2) is 28.2 Å². The third-order valence-corrected chi connectivity index (χ3v) is 3.28. The number of nitrogens with one attached hydrogen (secondary N) is 2. The van der Waals surface area contributed by atoms with Crippen LogP contribution in [0.5, 0.6) is 0 Å². The van der Waals surface area contributed by atoms with E-state index in [2.05, 4.69) is 21.7 Å². The molecule has 2 aliphatic heterocycles. The van der Waals surface area contributed by atoms with Gasteiger partial charge in [-0.3, -0.25) is 9.36 Å². The van der Waals surface area contributed by atoms with Gasteiger partial charge in [-0.15, -0.1) is 0 Å². The first-order valence-electron chi connectivity index (χ1n) is 5.55. The summed E-state index contributed by atoms with van der Waals surface area (Å²) < 4.78 is 1.55. The molecule has 5 nitrogen and oxygen atoms in total. The number of aromatic nitrogens is 2. The molecule has 0 aromatic carbocycles. The van der Waals surface area contributed by atoms with Crippen molar-refractivity contribution in [2.75, 3.05) is 18.4 Å². The molecule has 0 bridgehead atoms. The summed E-state index contributed by atoms with van der Waals surface area (Å²) in [5.41, 5.74) is -0.0657. The summed E-state index contributed by atoms with van der Waals surface area (Å²) in [5.74, 6) is 0.650. The van der Waals surface area contributed by atoms with Gasteiger partial charge in [0.15, 0.2) is 0 Å². The fourth-order valence-corrected chi connectivity index (χ4v) is 2.30. The molecule has 2 N–H and O–H groups in total. The Bertz CT molecular complexity index is 485. The van der Waals surface area contributed by atoms with E-state index in [1.165, 1.54) is 6.07 Å². The van der Waals surface area contributed by atoms with Gasteiger partial charge in [0.1, 0.15) is 0 Å². The Morgan fingerprint density at radius 1 is 1.38 bits per heavy atom. The normalized spacial score (nSPS) is 21.5. The Labute approximate surface area is 93.2 Å². The first-order valence-corrected chi connectivity index (χ1v) is 5.55. The van der Waals surface area contributed by atoms with E-state index in [-0.39, 0.29) is 11.1 Å². The molecule has 0 saturated carbocycles. The molecule has 0 unspecified atom stereocenters. The molecule has 1 saturated heterocycles. The van der Waals surface area contributed by atoms with E-state index < -0.39 is 0 Å². The van der Waals surface area contributed by atoms with E-state index in [1.54, 1.807) is 10.8 Å². The minimum Gasteiger partial charge on any atom is -0.346 e. The van der Waals surface area contributed by atoms with Gasteiger partial charge < -0.3 is 10.6 Å². The van der Waals surface area contributed by atoms with Crippen molar-refractivity contribution < 1.29 is 0 Å². The van der Waals surface area contributed by atoms with Gasteiger partial charge >= 0.3 is 0 Å². The number of hydrogen-bond acceptors (Lipinski definition) is 4. The number of rotatable bonds is 0. The van der Waals surface area contributed by atoms with Crippen molar-refractivity contribution in [1.29, 1.82) is 0 Å². The van der Waals surface area contributed by atoms with Crippen LogP contribution < -0.4 is 16.2 Å². The van der Waals surface area contributed by atoms with Gasteiger partial charge in [-0.1, -0.05) is 0 Å². The zero-order chi connectivity index (χ0) is 11.0. The molecular formula is C11H14N4O. The van der Waals surface area contributed by atoms with Crippen LogP contribution in [-0.2, 0) is 0 Å². The first kappa shape index (κ1) is 9.59. The molecule has 3 rings (SSSR count). The van der Waals surface area contributed by atoms with Gasteiger partial charge in [0.2, 0.25) is 5.95 Å². The summed E-state index contributed by atoms with van der Waals surface area (Å²) in [5, 5.41) is 6.71. The summed E-state index contributed by atoms with van der Waals surface area (Å²) in [6.45, 7) is 1.99. The summed E-state index contributed by atoms with van der Waals surface area (Å²) in [6.07, 6.45) is 7.52. The highest BCUT2D eigenvalue weighted by molar-refractivity contribution is 5.49. The predicted octanol–water partition coefficient (Wildman–Crippen LogP) is 0.262. The molecule has 0 aliphatic carbocycles. The summed E-state index contributed by atoms with van der Waals surface area (Å²) >= 11 is 0. The molecular weight excluding hydrogens is 204 g/mol. The van der Waals surface area contributed by atoms with Gasteiger partial charge in [-0.05, 0) is 32.0 Å². The molecule has 1 fully saturated rings. The largest absolute Gasteiger partial charge is 0.346 e. The van der Waals surface area contributed by atoms with Crippen LogP contribution >= 0.6 is 0 Å². The second-order valence-corrected chi connectivity index (χ2v) is 4.32. The van der Waals surface area contributed by atoms with Crippen LogP contribution in [0.4, 0.5) is 5.95 Å². The van der Waals surface area contributed by atoms with Crippen LogP contribution in [0.15, 0.2) is 23.1 Å². The topological polar surface area (TPSA) is 59.0 Å². The van der Waals surface area contributed by atoms with Crippen molar-refractivity contribution >= 4 is 12.1 Å². The predicted molar refractivity (Wildman–Crippen MR) is 62.3 cm³/mol. The summed E-state index contributed by atoms with van der Waals surface area (Å²) in [7, 11) is 0. The van der Waals surface area contributed by atoms with E-state index in [0.717, 1.165) is 25.9 Å². The number of hydrogen-bond donors (Lipinski definition) is 2. The van der Waals surface area contributed by atoms with Crippen molar-refractivity contribution in [2.24, 2.45) is 0 Å². The average Bonchev–Trinajstić information content (AvgIpc) is 2.30. The molecule has 0 radical (unpaired) electrons. The second kappa shape index (κ2) is 3.45. The fraction of sp³-hybridized carbons (Fsp3) is 0.455. The van der Waals surface area contributed by atoms with E-state index in [1.807, 2.05) is 6.20 Å². The zero-order valence-electron chi connectivity index (χ0n) is 8.94. The monoisotopic (exact) mass is 218 g/mol. The second-order valence-electron chi connectivity index (χ2n) is 4.32. The Balaban J connectivity index is 2.00. The van der Waals surface area contributed by atoms with Gasteiger partial charge in [0, 0.05) is 18.5 Å². The molecule has 3 heterocycles. The Hall–Kier alpha value is -1.62. The van der Waals surface area contributed by atoms with E-state index in [4.69, 9.17) is 0 Å². The van der Waals surface area contributed by atoms with Crippen LogP contribution in [0.1, 0.15) is 12.8 Å². The molecule has 1 aromatic heterocycles. The number of anilines is 1. The zero-order valence-corrected chi connectivity index (χ0v) is 8.94. The van der Waals surface area contributed by atoms with Gasteiger partial charge in [0.05, 0.1) is 5.54 Å². The smallest absolute Gasteiger partial charge is 0.258 e. The summed E-state index contributed by atoms with van der Waals surface area (Å²) in [6, 6.07) is 1.47. The number of nitrogens with zero attached hydrogens (tertiary/aromatic N) is 2. The van der Waals surface area contributed by atoms with Crippen LogP contribution in [0.25, 0.3) is 6.20 Å². The van der Waals surface area contributed by atoms with Gasteiger partial charge in [0.25, 0.3) is 5.56 Å². The lowest BCUT2D eigenvalue weighted by atomic mass is 9.88. The van der Waals surface area contributed by atoms with Crippen LogP contribution in [0, 0.1) is 0 Å². The van der Waals surface area contributed by atoms with Crippen molar-refractivity contribution in [2.45, 2.75) is 18.4 Å². The maximum atomic E-state index is 11.6. The molecule has 16 heavy (non-hydrogen) atoms. The average molecular weight is 218 g/mol. The number of piperidine rings is 1. The first-order chi connectivity index (χ1) is 7.79. The van der Waals surface area contributed by atoms with Gasteiger partial charge in [-0.2, -0.15) is 0 Å². The standard InChI is InChI=1S/C11H14N4O/c16-9-1-5-13-10-14-11(4-8-15(9)10)2-6-12-7-3-11/h1,4-5,8,12H,2-3,6-7H2,(H,13,14). The van der Waals surface area contributed by atoms with E-state index in [0.29, 0.717) is 5.95 Å². The van der Waals surface area contributed by atoms with Crippen LogP contribution in [0.2, 0.25) is 0 Å². The minimum atomic E-state index is -0.0439. The van der Waals surface area contributed by atoms with Gasteiger partial charge in [-0.25, -0.2) is 4.98 Å². The third kappa shape index (κ3) is 1.44. The lowest BCUT2D eigenvalue weighted by molar-refractivity contribution is 0.395. The maximum absolute atomic E-state index is 11.6. The van der Waals surface area contributed by atoms with Crippen molar-refractivity contribution in [3.05, 3.63) is 28.7 Å². The summed E-state index contributed by atoms with van der Waals surface area (Å²) in [4.78, 5) is 15.8. The molecule has 1 aromatic rings. The highest BCUT2D eigenvalue weighted by atomic mass is 16.1. The molecule has 5 heteroatoms. The SMILES string of the molecule is O=c1ccnc2n1C=CC1(CCNCC1)N2. The maximum Gasteiger partial charge on any atom is 0.258 e. The lowest BCUT2D eigenvalue weighted by Gasteiger charge is -2.38. The molecule has 84 valence electrons. The van der Waals surface area contributed by atoms with E-state index in [9.17, 15) is 4.79 Å². The molecule has 0 amide bonds. The number of fused-ring (bicyclic) bond motifs is 1. The van der Waals surface area contributed by atoms with Crippen molar-refractivity contribution in [3.8, 4) is 0 Å². The van der Waals surface area contributed by atoms with Crippen molar-refractivity contribution in [1.82, 2.24) is 14.9 Å². The highest BCUT2D eigenvalue weighted by Crippen LogP contribution is 2.27. The van der Waals surface area contributed by atoms with Crippen LogP contribution in [0.3, 0.4) is 0 Å². The lowest BCUT2D eigenvalue weighted by Crippen LogP contribution is -2.48. The third-order valence-electron chi connectivity index (χ3n) is 3.28. The Kier molecular flexibility index (Phi) is 2.07. The highest BCUT2D eigenvalue weighted by Gasteiger charge is 2.32. The fourth-order valence-electron chi connectivity index (χ4n) is 2.30. The quantitative estimate of drug-likeness (QED) is 0.656. The Morgan fingerprint density at radius 2 is 2.19 bits per heavy atom. The molecule has 0 atom stereocenters.